The van der Waals surface area contributed by atoms with Crippen molar-refractivity contribution in [1.82, 2.24) is 5.16 Å². The lowest BCUT2D eigenvalue weighted by molar-refractivity contribution is 0.387. The monoisotopic (exact) mass is 166 g/mol. The van der Waals surface area contributed by atoms with Crippen LogP contribution in [0.15, 0.2) is 21.6 Å². The molecule has 1 N–H and O–H groups in total. The Labute approximate surface area is 69.4 Å². The molecule has 0 atom stereocenters. The fraction of sp³-hybridized carbons (Fsp3) is 0.375. The molecule has 4 heteroatoms. The fourth-order valence-electron chi connectivity index (χ4n) is 1.38. The number of nitrogens with zero attached hydrogens (tertiary/aromatic N) is 1. The Morgan fingerprint density at radius 2 is 2.50 bits per heavy atom. The molecule has 0 bridgehead atoms. The van der Waals surface area contributed by atoms with E-state index < -0.39 is 0 Å². The summed E-state index contributed by atoms with van der Waals surface area (Å²) in [5.74, 6) is 0. The van der Waals surface area contributed by atoms with Gasteiger partial charge in [-0.15, -0.1) is 0 Å². The van der Waals surface area contributed by atoms with Crippen LogP contribution in [0.3, 0.4) is 0 Å². The third kappa shape index (κ3) is 0.958. The summed E-state index contributed by atoms with van der Waals surface area (Å²) in [6.07, 6.45) is 4.93. The summed E-state index contributed by atoms with van der Waals surface area (Å²) in [6.45, 7) is 2.69. The Kier molecular flexibility index (Phi) is 1.53. The predicted molar refractivity (Wildman–Crippen MR) is 45.2 cm³/mol. The molecule has 2 rings (SSSR count). The van der Waals surface area contributed by atoms with Gasteiger partial charge < -0.3 is 9.42 Å². The summed E-state index contributed by atoms with van der Waals surface area (Å²) < 4.78 is 4.65. The third-order valence-corrected chi connectivity index (χ3v) is 1.95. The molecular weight excluding hydrogens is 156 g/mol. The minimum Gasteiger partial charge on any atom is -0.341 e. The largest absolute Gasteiger partial charge is 0.381 e. The molecule has 0 spiro atoms. The molecule has 0 amide bonds. The Morgan fingerprint density at radius 3 is 3.00 bits per heavy atom. The summed E-state index contributed by atoms with van der Waals surface area (Å²) in [7, 11) is 0. The van der Waals surface area contributed by atoms with E-state index in [1.165, 1.54) is 0 Å². The maximum Gasteiger partial charge on any atom is 0.381 e. The van der Waals surface area contributed by atoms with Crippen molar-refractivity contribution in [2.45, 2.75) is 13.3 Å². The Morgan fingerprint density at radius 1 is 1.67 bits per heavy atom. The van der Waals surface area contributed by atoms with Crippen LogP contribution >= 0.6 is 0 Å². The van der Waals surface area contributed by atoms with Gasteiger partial charge >= 0.3 is 5.63 Å². The van der Waals surface area contributed by atoms with Crippen LogP contribution in [0.1, 0.15) is 12.1 Å². The van der Waals surface area contributed by atoms with Crippen molar-refractivity contribution >= 4 is 5.69 Å². The first-order valence-electron chi connectivity index (χ1n) is 3.90. The Hall–Kier alpha value is -1.45. The summed E-state index contributed by atoms with van der Waals surface area (Å²) >= 11 is 0. The molecule has 1 aromatic rings. The van der Waals surface area contributed by atoms with E-state index in [-0.39, 0.29) is 5.63 Å². The Balaban J connectivity index is 2.44. The molecule has 64 valence electrons. The highest BCUT2D eigenvalue weighted by Crippen LogP contribution is 2.17. The molecule has 4 nitrogen and oxygen atoms in total. The molecule has 1 aliphatic rings. The molecule has 2 heterocycles. The van der Waals surface area contributed by atoms with E-state index in [9.17, 15) is 4.79 Å². The van der Waals surface area contributed by atoms with Crippen molar-refractivity contribution in [3.8, 4) is 0 Å². The summed E-state index contributed by atoms with van der Waals surface area (Å²) in [6, 6.07) is 0. The van der Waals surface area contributed by atoms with E-state index in [2.05, 4.69) is 9.68 Å². The van der Waals surface area contributed by atoms with Gasteiger partial charge in [0.05, 0.1) is 5.69 Å². The van der Waals surface area contributed by atoms with Crippen LogP contribution in [0.4, 0.5) is 5.69 Å². The van der Waals surface area contributed by atoms with Gasteiger partial charge in [0.1, 0.15) is 0 Å². The SMILES string of the molecule is Cc1[nH]oc(=O)c1N1C=CCC1. The van der Waals surface area contributed by atoms with Gasteiger partial charge in [-0.3, -0.25) is 0 Å². The average molecular weight is 166 g/mol. The summed E-state index contributed by atoms with van der Waals surface area (Å²) in [5, 5.41) is 2.55. The normalized spacial score (nSPS) is 15.9. The van der Waals surface area contributed by atoms with Crippen LogP contribution in [-0.2, 0) is 0 Å². The first-order valence-corrected chi connectivity index (χ1v) is 3.90. The van der Waals surface area contributed by atoms with E-state index in [4.69, 9.17) is 0 Å². The van der Waals surface area contributed by atoms with Crippen LogP contribution in [0, 0.1) is 6.92 Å². The molecular formula is C8H10N2O2. The lowest BCUT2D eigenvalue weighted by atomic mass is 10.3. The summed E-state index contributed by atoms with van der Waals surface area (Å²) in [5.41, 5.74) is 1.12. The number of H-pyrrole nitrogens is 1. The van der Waals surface area contributed by atoms with E-state index in [1.54, 1.807) is 0 Å². The van der Waals surface area contributed by atoms with Gasteiger partial charge in [-0.2, -0.15) is 0 Å². The Bertz CT molecular complexity index is 361. The van der Waals surface area contributed by atoms with E-state index in [0.717, 1.165) is 18.7 Å². The molecule has 0 saturated heterocycles. The van der Waals surface area contributed by atoms with Crippen molar-refractivity contribution in [3.63, 3.8) is 0 Å². The summed E-state index contributed by atoms with van der Waals surface area (Å²) in [4.78, 5) is 13.1. The first-order chi connectivity index (χ1) is 5.79. The molecule has 0 aromatic carbocycles. The van der Waals surface area contributed by atoms with Crippen molar-refractivity contribution in [2.75, 3.05) is 11.4 Å². The molecule has 0 aliphatic carbocycles. The van der Waals surface area contributed by atoms with Gasteiger partial charge in [0, 0.05) is 12.7 Å². The van der Waals surface area contributed by atoms with Gasteiger partial charge in [0.15, 0.2) is 5.69 Å². The van der Waals surface area contributed by atoms with Gasteiger partial charge in [-0.05, 0) is 13.3 Å². The lowest BCUT2D eigenvalue weighted by Crippen LogP contribution is -2.18. The topological polar surface area (TPSA) is 49.2 Å². The maximum absolute atomic E-state index is 11.2. The van der Waals surface area contributed by atoms with E-state index in [0.29, 0.717) is 5.69 Å². The van der Waals surface area contributed by atoms with Crippen LogP contribution in [0.2, 0.25) is 0 Å². The number of aromatic nitrogens is 1. The van der Waals surface area contributed by atoms with Crippen molar-refractivity contribution in [3.05, 3.63) is 28.4 Å². The number of nitrogens with one attached hydrogen (secondary N) is 1. The van der Waals surface area contributed by atoms with Crippen LogP contribution in [-0.4, -0.2) is 11.7 Å². The van der Waals surface area contributed by atoms with Gasteiger partial charge in [0.2, 0.25) is 0 Å². The second-order valence-corrected chi connectivity index (χ2v) is 2.83. The molecule has 12 heavy (non-hydrogen) atoms. The second kappa shape index (κ2) is 2.55. The number of hydrogen-bond donors (Lipinski definition) is 1. The van der Waals surface area contributed by atoms with Crippen LogP contribution < -0.4 is 10.5 Å². The molecule has 1 aromatic heterocycles. The number of aryl methyl sites for hydroxylation is 1. The van der Waals surface area contributed by atoms with Crippen LogP contribution in [0.5, 0.6) is 0 Å². The zero-order valence-corrected chi connectivity index (χ0v) is 6.83. The molecule has 0 saturated carbocycles. The zero-order valence-electron chi connectivity index (χ0n) is 6.83. The number of hydrogen-bond acceptors (Lipinski definition) is 3. The van der Waals surface area contributed by atoms with Crippen molar-refractivity contribution in [2.24, 2.45) is 0 Å². The minimum absolute atomic E-state index is 0.293. The highest BCUT2D eigenvalue weighted by Gasteiger charge is 2.16. The smallest absolute Gasteiger partial charge is 0.341 e. The first kappa shape index (κ1) is 7.21. The number of aromatic amines is 1. The maximum atomic E-state index is 11.2. The molecule has 0 fully saturated rings. The van der Waals surface area contributed by atoms with Crippen LogP contribution in [0.25, 0.3) is 0 Å². The van der Waals surface area contributed by atoms with Gasteiger partial charge in [-0.1, -0.05) is 6.08 Å². The highest BCUT2D eigenvalue weighted by atomic mass is 16.5. The highest BCUT2D eigenvalue weighted by molar-refractivity contribution is 5.51. The van der Waals surface area contributed by atoms with Crippen molar-refractivity contribution < 1.29 is 4.52 Å². The molecule has 0 radical (unpaired) electrons. The number of rotatable bonds is 1. The average Bonchev–Trinajstić information content (AvgIpc) is 2.61. The second-order valence-electron chi connectivity index (χ2n) is 2.83. The quantitative estimate of drug-likeness (QED) is 0.677. The lowest BCUT2D eigenvalue weighted by Gasteiger charge is -2.11. The standard InChI is InChI=1S/C8H10N2O2/c1-6-7(8(11)12-9-6)10-4-2-3-5-10/h2,4,9H,3,5H2,1H3. The molecule has 1 aliphatic heterocycles. The zero-order chi connectivity index (χ0) is 8.55. The van der Waals surface area contributed by atoms with Gasteiger partial charge in [-0.25, -0.2) is 9.95 Å². The van der Waals surface area contributed by atoms with E-state index in [1.807, 2.05) is 24.1 Å². The minimum atomic E-state index is -0.293. The number of anilines is 1. The van der Waals surface area contributed by atoms with Crippen molar-refractivity contribution in [1.29, 1.82) is 0 Å². The van der Waals surface area contributed by atoms with Gasteiger partial charge in [0.25, 0.3) is 0 Å². The van der Waals surface area contributed by atoms with E-state index >= 15 is 0 Å². The fourth-order valence-corrected chi connectivity index (χ4v) is 1.38. The third-order valence-electron chi connectivity index (χ3n) is 1.95. The predicted octanol–water partition coefficient (Wildman–Crippen LogP) is 1.00. The molecule has 0 unspecified atom stereocenters.